The molecule has 0 saturated carbocycles. The minimum atomic E-state index is -1.19. The molecule has 10 rings (SSSR count). The van der Waals surface area contributed by atoms with Crippen LogP contribution >= 0.6 is 8.46 Å². The Hall–Kier alpha value is -6.76. The van der Waals surface area contributed by atoms with Gasteiger partial charge in [0, 0.05) is 0 Å². The van der Waals surface area contributed by atoms with Gasteiger partial charge in [0.15, 0.2) is 0 Å². The van der Waals surface area contributed by atoms with Gasteiger partial charge in [0.2, 0.25) is 0 Å². The molecular weight excluding hydrogens is 1180 g/mol. The van der Waals surface area contributed by atoms with E-state index in [-0.39, 0.29) is 85.0 Å². The molecule has 0 bridgehead atoms. The number of amides is 1. The number of ether oxygens (including phenoxy) is 12. The first-order valence-electron chi connectivity index (χ1n) is 31.8. The molecule has 7 unspecified atom stereocenters. The summed E-state index contributed by atoms with van der Waals surface area (Å²) in [6.07, 6.45) is -9.66. The monoisotopic (exact) mass is 1270 g/mol. The van der Waals surface area contributed by atoms with Gasteiger partial charge in [0.05, 0.1) is 6.61 Å². The molecule has 481 valence electrons. The zero-order valence-corrected chi connectivity index (χ0v) is 53.7. The number of benzene rings is 7. The molecule has 3 heterocycles. The van der Waals surface area contributed by atoms with Gasteiger partial charge in [-0.25, -0.2) is 4.79 Å². The fraction of sp³-hybridized carbons (Fsp3) is 0.397. The van der Waals surface area contributed by atoms with Crippen LogP contribution in [-0.2, 0) is 101 Å². The maximum absolute atomic E-state index is 14.3. The molecule has 0 aliphatic carbocycles. The van der Waals surface area contributed by atoms with Crippen LogP contribution < -0.4 is 0 Å². The Morgan fingerprint density at radius 3 is 1.34 bits per heavy atom. The molecule has 3 fully saturated rings. The van der Waals surface area contributed by atoms with Crippen LogP contribution in [0.25, 0.3) is 0 Å². The number of hydrogen-bond acceptors (Lipinski definition) is 15. The van der Waals surface area contributed by atoms with Crippen molar-refractivity contribution >= 4 is 34.5 Å². The van der Waals surface area contributed by atoms with E-state index in [1.165, 1.54) is 4.90 Å². The quantitative estimate of drug-likeness (QED) is 0.0174. The molecule has 7 aromatic carbocycles. The van der Waals surface area contributed by atoms with E-state index in [0.29, 0.717) is 18.8 Å². The summed E-state index contributed by atoms with van der Waals surface area (Å²) >= 11 is 0. The second-order valence-electron chi connectivity index (χ2n) is 23.8. The van der Waals surface area contributed by atoms with Crippen molar-refractivity contribution in [3.63, 3.8) is 0 Å². The zero-order chi connectivity index (χ0) is 63.9. The van der Waals surface area contributed by atoms with Crippen LogP contribution in [0.5, 0.6) is 0 Å². The normalized spacial score (nSPS) is 26.4. The molecule has 1 amide bonds. The fourth-order valence-corrected chi connectivity index (χ4v) is 13.0. The molecule has 0 N–H and O–H groups in total. The van der Waals surface area contributed by atoms with Crippen molar-refractivity contribution in [3.05, 3.63) is 251 Å². The number of hydrogen-bond donors (Lipinski definition) is 0. The third-order valence-electron chi connectivity index (χ3n) is 17.4. The van der Waals surface area contributed by atoms with E-state index in [2.05, 4.69) is 20.8 Å². The van der Waals surface area contributed by atoms with Crippen LogP contribution in [0.15, 0.2) is 212 Å². The number of rotatable bonds is 31. The van der Waals surface area contributed by atoms with Gasteiger partial charge >= 0.3 is 380 Å². The van der Waals surface area contributed by atoms with Crippen LogP contribution in [0.4, 0.5) is 4.79 Å². The van der Waals surface area contributed by atoms with Crippen LogP contribution in [0.3, 0.4) is 0 Å². The topological polar surface area (TPSA) is 165 Å². The van der Waals surface area contributed by atoms with Gasteiger partial charge in [-0.1, -0.05) is 127 Å². The van der Waals surface area contributed by atoms with E-state index >= 15 is 0 Å². The Bertz CT molecular complexity index is 3270. The standard InChI is InChI=1S/C73H83B2NO15P/c1-50-52(3)64(70(86-61(50)46-80-41-55-28-14-6-15-29-55)85-49-76(40-54-26-12-5-13-27-54)73(78)84-45-59-36-22-10-23-37-59)90-72-67(83-44-58-34-20-9-21-35-58)68(92-75-74-79)66(63(88-72)48-82-43-57-32-18-8-19-33-57)91-71-65(89-69(77)60-38-24-11-25-39-60)53(4)51(2)62(87-71)47-81-42-56-30-16-7-17-31-56/h5-39,50-53,61-68,70-72,92H,40-49H2,1-4H3/t50-,51-,52-,53-,61?,62?,63?,64?,65?,66+,67?,68-,70-,71-,72+/m0/s1. The van der Waals surface area contributed by atoms with Gasteiger partial charge < -0.3 is 4.74 Å². The Morgan fingerprint density at radius 2 is 0.837 bits per heavy atom. The summed E-state index contributed by atoms with van der Waals surface area (Å²) in [7, 11) is 0.551. The van der Waals surface area contributed by atoms with E-state index in [0.717, 1.165) is 40.4 Å². The molecule has 1 radical (unpaired) electrons. The minimum absolute atomic E-state index is 0.0168. The Labute approximate surface area is 544 Å². The molecule has 0 spiro atoms. The third kappa shape index (κ3) is 19.4. The number of carbonyl (C=O) groups excluding carboxylic acids is 2. The van der Waals surface area contributed by atoms with E-state index in [1.54, 1.807) is 31.2 Å². The SMILES string of the molecule is C[C@@H]1C(COCc2ccccc2)O[C@H](OCN(Cc2ccccc2)C(=O)OCc2ccccc2)C(O[C@H]2OC(COCc3ccccc3)[C@@H](O[C@@H]3OC(COCc4ccccc4)[C@@H](C)[C@H](C)C3OC(=O)c3ccccc3)[C@H](P[B]B=O)C2OCc2ccccc2)[C@H]1C. The second-order valence-corrected chi connectivity index (χ2v) is 25.1. The van der Waals surface area contributed by atoms with Gasteiger partial charge in [-0.2, -0.15) is 0 Å². The van der Waals surface area contributed by atoms with Crippen molar-refractivity contribution in [2.24, 2.45) is 23.7 Å². The number of carbonyl (C=O) groups is 2. The average Bonchev–Trinajstić information content (AvgIpc) is 0.796. The molecule has 3 aliphatic rings. The summed E-state index contributed by atoms with van der Waals surface area (Å²) < 4.78 is 95.0. The summed E-state index contributed by atoms with van der Waals surface area (Å²) in [6.45, 7) is 11.3. The van der Waals surface area contributed by atoms with Crippen molar-refractivity contribution < 1.29 is 71.1 Å². The molecule has 7 aromatic rings. The van der Waals surface area contributed by atoms with Gasteiger partial charge in [-0.3, -0.25) is 0 Å². The van der Waals surface area contributed by atoms with Crippen molar-refractivity contribution in [1.29, 1.82) is 0 Å². The van der Waals surface area contributed by atoms with Crippen molar-refractivity contribution in [2.45, 2.75) is 135 Å². The second kappa shape index (κ2) is 35.5. The number of esters is 1. The van der Waals surface area contributed by atoms with Crippen LogP contribution in [0.1, 0.15) is 71.4 Å². The summed E-state index contributed by atoms with van der Waals surface area (Å²) in [5.74, 6) is -1.47. The van der Waals surface area contributed by atoms with Crippen molar-refractivity contribution in [3.8, 4) is 0 Å². The summed E-state index contributed by atoms with van der Waals surface area (Å²) in [4.78, 5) is 30.0. The summed E-state index contributed by atoms with van der Waals surface area (Å²) in [6, 6.07) is 67.4. The van der Waals surface area contributed by atoms with Crippen molar-refractivity contribution in [1.82, 2.24) is 4.90 Å². The summed E-state index contributed by atoms with van der Waals surface area (Å²) in [5.41, 5.74) is 5.23. The van der Waals surface area contributed by atoms with Crippen molar-refractivity contribution in [2.75, 3.05) is 26.6 Å². The predicted octanol–water partition coefficient (Wildman–Crippen LogP) is 12.4. The van der Waals surface area contributed by atoms with E-state index < -0.39 is 79.3 Å². The Morgan fingerprint density at radius 1 is 0.435 bits per heavy atom. The average molecular weight is 1270 g/mol. The zero-order valence-electron chi connectivity index (χ0n) is 52.7. The molecule has 3 saturated heterocycles. The van der Waals surface area contributed by atoms with Crippen LogP contribution in [-0.4, -0.2) is 125 Å². The third-order valence-corrected chi connectivity index (χ3v) is 18.8. The molecular formula is C73H83B2NO15P. The molecule has 16 nitrogen and oxygen atoms in total. The summed E-state index contributed by atoms with van der Waals surface area (Å²) in [5, 5.41) is 0. The Balaban J connectivity index is 0.998. The predicted molar refractivity (Wildman–Crippen MR) is 350 cm³/mol. The molecule has 3 aliphatic heterocycles. The first-order chi connectivity index (χ1) is 45.1. The van der Waals surface area contributed by atoms with E-state index in [4.69, 9.17) is 56.8 Å². The van der Waals surface area contributed by atoms with Crippen LogP contribution in [0.2, 0.25) is 0 Å². The van der Waals surface area contributed by atoms with Gasteiger partial charge in [0.1, 0.15) is 6.61 Å². The molecule has 92 heavy (non-hydrogen) atoms. The fourth-order valence-electron chi connectivity index (χ4n) is 11.7. The molecule has 19 heteroatoms. The van der Waals surface area contributed by atoms with Gasteiger partial charge in [-0.15, -0.1) is 0 Å². The first kappa shape index (κ1) is 68.1. The maximum atomic E-state index is 14.3. The molecule has 16 atom stereocenters. The molecule has 0 aromatic heterocycles. The van der Waals surface area contributed by atoms with E-state index in [1.807, 2.05) is 195 Å². The van der Waals surface area contributed by atoms with Gasteiger partial charge in [0.25, 0.3) is 0 Å². The first-order valence-corrected chi connectivity index (χ1v) is 32.9. The van der Waals surface area contributed by atoms with Crippen LogP contribution in [0, 0.1) is 23.7 Å². The number of nitrogens with zero attached hydrogens (tertiary/aromatic N) is 1. The Kier molecular flexibility index (Phi) is 26.3. The van der Waals surface area contributed by atoms with E-state index in [9.17, 15) is 14.3 Å². The van der Waals surface area contributed by atoms with Gasteiger partial charge in [-0.05, 0) is 16.7 Å².